The molecule has 4 aromatic rings. The lowest BCUT2D eigenvalue weighted by atomic mass is 10.1. The van der Waals surface area contributed by atoms with Crippen molar-refractivity contribution in [2.75, 3.05) is 14.2 Å². The quantitative estimate of drug-likeness (QED) is 0.547. The lowest BCUT2D eigenvalue weighted by molar-refractivity contribution is 0.398. The van der Waals surface area contributed by atoms with Gasteiger partial charge in [-0.15, -0.1) is 11.3 Å². The van der Waals surface area contributed by atoms with Crippen LogP contribution in [-0.2, 0) is 12.8 Å². The Hall–Kier alpha value is -2.86. The molecule has 2 heterocycles. The number of ether oxygens (including phenoxy) is 2. The van der Waals surface area contributed by atoms with E-state index in [1.165, 1.54) is 0 Å². The van der Waals surface area contributed by atoms with E-state index in [1.807, 2.05) is 24.4 Å². The van der Waals surface area contributed by atoms with Gasteiger partial charge in [-0.05, 0) is 47.9 Å². The average Bonchev–Trinajstić information content (AvgIpc) is 3.34. The number of aryl methyl sites for hydroxylation is 2. The first-order valence-electron chi connectivity index (χ1n) is 8.36. The molecule has 0 aliphatic rings. The zero-order valence-electron chi connectivity index (χ0n) is 14.7. The third-order valence-electron chi connectivity index (χ3n) is 4.36. The van der Waals surface area contributed by atoms with E-state index in [0.717, 1.165) is 56.4 Å². The van der Waals surface area contributed by atoms with Crippen LogP contribution in [0.15, 0.2) is 48.9 Å². The summed E-state index contributed by atoms with van der Waals surface area (Å²) in [5.74, 6) is 1.72. The molecule has 2 aromatic heterocycles. The number of methoxy groups -OCH3 is 2. The molecule has 0 aliphatic heterocycles. The van der Waals surface area contributed by atoms with Crippen LogP contribution in [-0.4, -0.2) is 29.2 Å². The maximum Gasteiger partial charge on any atom is 0.122 e. The number of thiazole rings is 1. The van der Waals surface area contributed by atoms with Crippen molar-refractivity contribution in [3.05, 3.63) is 59.5 Å². The van der Waals surface area contributed by atoms with Crippen LogP contribution in [0, 0.1) is 0 Å². The SMILES string of the molecule is COc1ccc(OC)c(CCc2ncc(-c3ccc4[nH]cnc4c3)s2)c1. The first-order valence-corrected chi connectivity index (χ1v) is 9.17. The van der Waals surface area contributed by atoms with E-state index < -0.39 is 0 Å². The largest absolute Gasteiger partial charge is 0.497 e. The highest BCUT2D eigenvalue weighted by atomic mass is 32.1. The van der Waals surface area contributed by atoms with Crippen molar-refractivity contribution in [1.82, 2.24) is 15.0 Å². The Morgan fingerprint density at radius 3 is 2.77 bits per heavy atom. The van der Waals surface area contributed by atoms with Crippen LogP contribution >= 0.6 is 11.3 Å². The highest BCUT2D eigenvalue weighted by Crippen LogP contribution is 2.30. The van der Waals surface area contributed by atoms with Gasteiger partial charge in [0.1, 0.15) is 11.5 Å². The fourth-order valence-electron chi connectivity index (χ4n) is 2.96. The van der Waals surface area contributed by atoms with Gasteiger partial charge in [-0.2, -0.15) is 0 Å². The summed E-state index contributed by atoms with van der Waals surface area (Å²) in [5, 5.41) is 1.10. The Kier molecular flexibility index (Phi) is 4.58. The van der Waals surface area contributed by atoms with Crippen LogP contribution in [0.25, 0.3) is 21.5 Å². The summed E-state index contributed by atoms with van der Waals surface area (Å²) in [5.41, 5.74) is 4.29. The number of H-pyrrole nitrogens is 1. The zero-order valence-corrected chi connectivity index (χ0v) is 15.5. The summed E-state index contributed by atoms with van der Waals surface area (Å²) >= 11 is 1.72. The summed E-state index contributed by atoms with van der Waals surface area (Å²) in [6.45, 7) is 0. The smallest absolute Gasteiger partial charge is 0.122 e. The highest BCUT2D eigenvalue weighted by Gasteiger charge is 2.09. The lowest BCUT2D eigenvalue weighted by Crippen LogP contribution is -1.96. The number of hydrogen-bond acceptors (Lipinski definition) is 5. The maximum absolute atomic E-state index is 5.46. The number of fused-ring (bicyclic) bond motifs is 1. The molecular formula is C20H19N3O2S. The fraction of sp³-hybridized carbons (Fsp3) is 0.200. The summed E-state index contributed by atoms with van der Waals surface area (Å²) < 4.78 is 10.8. The molecule has 0 saturated carbocycles. The fourth-order valence-corrected chi connectivity index (χ4v) is 3.88. The van der Waals surface area contributed by atoms with Gasteiger partial charge in [0, 0.05) is 12.6 Å². The Morgan fingerprint density at radius 1 is 1.00 bits per heavy atom. The minimum absolute atomic E-state index is 0.841. The molecule has 0 saturated heterocycles. The molecule has 1 N–H and O–H groups in total. The molecule has 0 atom stereocenters. The molecule has 6 heteroatoms. The van der Waals surface area contributed by atoms with Gasteiger partial charge in [0.05, 0.1) is 41.5 Å². The Morgan fingerprint density at radius 2 is 1.92 bits per heavy atom. The minimum atomic E-state index is 0.841. The van der Waals surface area contributed by atoms with Crippen molar-refractivity contribution in [1.29, 1.82) is 0 Å². The van der Waals surface area contributed by atoms with Gasteiger partial charge >= 0.3 is 0 Å². The van der Waals surface area contributed by atoms with Crippen molar-refractivity contribution >= 4 is 22.4 Å². The Bertz CT molecular complexity index is 1040. The zero-order chi connectivity index (χ0) is 17.9. The second kappa shape index (κ2) is 7.17. The van der Waals surface area contributed by atoms with Crippen LogP contribution < -0.4 is 9.47 Å². The second-order valence-corrected chi connectivity index (χ2v) is 7.05. The Labute approximate surface area is 155 Å². The molecule has 0 amide bonds. The van der Waals surface area contributed by atoms with E-state index in [9.17, 15) is 0 Å². The van der Waals surface area contributed by atoms with Crippen LogP contribution in [0.2, 0.25) is 0 Å². The average molecular weight is 365 g/mol. The number of hydrogen-bond donors (Lipinski definition) is 1. The lowest BCUT2D eigenvalue weighted by Gasteiger charge is -2.09. The molecule has 2 aromatic carbocycles. The van der Waals surface area contributed by atoms with Crippen LogP contribution in [0.1, 0.15) is 10.6 Å². The van der Waals surface area contributed by atoms with Gasteiger partial charge in [0.2, 0.25) is 0 Å². The molecule has 132 valence electrons. The number of nitrogens with one attached hydrogen (secondary N) is 1. The first kappa shape index (κ1) is 16.6. The summed E-state index contributed by atoms with van der Waals surface area (Å²) in [6, 6.07) is 12.1. The van der Waals surface area contributed by atoms with E-state index in [4.69, 9.17) is 9.47 Å². The third kappa shape index (κ3) is 3.28. The minimum Gasteiger partial charge on any atom is -0.497 e. The highest BCUT2D eigenvalue weighted by molar-refractivity contribution is 7.15. The molecular weight excluding hydrogens is 346 g/mol. The molecule has 0 radical (unpaired) electrons. The summed E-state index contributed by atoms with van der Waals surface area (Å²) in [4.78, 5) is 13.2. The van der Waals surface area contributed by atoms with Gasteiger partial charge in [-0.3, -0.25) is 0 Å². The van der Waals surface area contributed by atoms with E-state index in [2.05, 4.69) is 33.2 Å². The normalized spacial score (nSPS) is 11.0. The van der Waals surface area contributed by atoms with E-state index in [-0.39, 0.29) is 0 Å². The predicted molar refractivity (Wildman–Crippen MR) is 104 cm³/mol. The number of nitrogens with zero attached hydrogens (tertiary/aromatic N) is 2. The van der Waals surface area contributed by atoms with Crippen molar-refractivity contribution in [2.45, 2.75) is 12.8 Å². The van der Waals surface area contributed by atoms with Gasteiger partial charge in [-0.25, -0.2) is 9.97 Å². The second-order valence-electron chi connectivity index (χ2n) is 5.93. The first-order chi connectivity index (χ1) is 12.8. The molecule has 0 unspecified atom stereocenters. The molecule has 0 spiro atoms. The van der Waals surface area contributed by atoms with Gasteiger partial charge in [0.15, 0.2) is 0 Å². The van der Waals surface area contributed by atoms with Crippen LogP contribution in [0.5, 0.6) is 11.5 Å². The topological polar surface area (TPSA) is 60.0 Å². The maximum atomic E-state index is 5.46. The molecule has 5 nitrogen and oxygen atoms in total. The van der Waals surface area contributed by atoms with Crippen LogP contribution in [0.3, 0.4) is 0 Å². The third-order valence-corrected chi connectivity index (χ3v) is 5.46. The molecule has 4 rings (SSSR count). The van der Waals surface area contributed by atoms with Crippen molar-refractivity contribution in [3.63, 3.8) is 0 Å². The van der Waals surface area contributed by atoms with Crippen molar-refractivity contribution in [3.8, 4) is 21.9 Å². The number of aromatic nitrogens is 3. The van der Waals surface area contributed by atoms with E-state index in [1.54, 1.807) is 31.9 Å². The monoisotopic (exact) mass is 365 g/mol. The number of aromatic amines is 1. The molecule has 26 heavy (non-hydrogen) atoms. The van der Waals surface area contributed by atoms with Crippen LogP contribution in [0.4, 0.5) is 0 Å². The summed E-state index contributed by atoms with van der Waals surface area (Å²) in [6.07, 6.45) is 5.37. The number of imidazole rings is 1. The van der Waals surface area contributed by atoms with Crippen molar-refractivity contribution < 1.29 is 9.47 Å². The van der Waals surface area contributed by atoms with Gasteiger partial charge in [-0.1, -0.05) is 6.07 Å². The predicted octanol–water partition coefficient (Wildman–Crippen LogP) is 4.49. The van der Waals surface area contributed by atoms with Gasteiger partial charge in [0.25, 0.3) is 0 Å². The Balaban J connectivity index is 1.52. The number of benzene rings is 2. The van der Waals surface area contributed by atoms with E-state index in [0.29, 0.717) is 0 Å². The standard InChI is InChI=1S/C20H19N3O2S/c1-24-15-5-7-18(25-2)13(9-15)4-8-20-21-11-19(26-20)14-3-6-16-17(10-14)23-12-22-16/h3,5-7,9-12H,4,8H2,1-2H3,(H,22,23). The van der Waals surface area contributed by atoms with Gasteiger partial charge < -0.3 is 14.5 Å². The summed E-state index contributed by atoms with van der Waals surface area (Å²) in [7, 11) is 3.37. The van der Waals surface area contributed by atoms with Crippen molar-refractivity contribution in [2.24, 2.45) is 0 Å². The molecule has 0 aliphatic carbocycles. The molecule has 0 bridgehead atoms. The number of rotatable bonds is 6. The van der Waals surface area contributed by atoms with E-state index >= 15 is 0 Å². The molecule has 0 fully saturated rings.